The van der Waals surface area contributed by atoms with Crippen LogP contribution in [0.3, 0.4) is 0 Å². The molecule has 0 bridgehead atoms. The van der Waals surface area contributed by atoms with Gasteiger partial charge in [0.2, 0.25) is 0 Å². The fourth-order valence-corrected chi connectivity index (χ4v) is 6.00. The predicted octanol–water partition coefficient (Wildman–Crippen LogP) is 7.32. The summed E-state index contributed by atoms with van der Waals surface area (Å²) in [5.74, 6) is 0.979. The molecule has 4 heteroatoms. The third kappa shape index (κ3) is 4.16. The topological polar surface area (TPSA) is 40.6 Å². The van der Waals surface area contributed by atoms with Crippen molar-refractivity contribution < 1.29 is 4.74 Å². The van der Waals surface area contributed by atoms with Gasteiger partial charge in [-0.25, -0.2) is 10.1 Å². The summed E-state index contributed by atoms with van der Waals surface area (Å²) in [6, 6.07) is 4.42. The number of methoxy groups -OCH3 is 1. The lowest BCUT2D eigenvalue weighted by atomic mass is 9.68. The predicted molar refractivity (Wildman–Crippen MR) is 140 cm³/mol. The summed E-state index contributed by atoms with van der Waals surface area (Å²) in [5.41, 5.74) is 7.62. The van der Waals surface area contributed by atoms with E-state index in [-0.39, 0.29) is 21.9 Å². The lowest BCUT2D eigenvalue weighted by Gasteiger charge is -2.48. The second kappa shape index (κ2) is 8.35. The van der Waals surface area contributed by atoms with Gasteiger partial charge in [0.05, 0.1) is 19.8 Å². The minimum Gasteiger partial charge on any atom is -0.496 e. The summed E-state index contributed by atoms with van der Waals surface area (Å²) in [6.07, 6.45) is 10.3. The van der Waals surface area contributed by atoms with Crippen LogP contribution in [0.15, 0.2) is 35.1 Å². The van der Waals surface area contributed by atoms with Crippen LogP contribution in [0.25, 0.3) is 10.9 Å². The number of nitrogens with zero attached hydrogens (tertiary/aromatic N) is 3. The molecule has 0 saturated carbocycles. The van der Waals surface area contributed by atoms with Crippen molar-refractivity contribution in [1.29, 1.82) is 5.26 Å². The average molecular weight is 456 g/mol. The van der Waals surface area contributed by atoms with E-state index in [4.69, 9.17) is 11.3 Å². The van der Waals surface area contributed by atoms with Crippen molar-refractivity contribution in [3.63, 3.8) is 0 Å². The average Bonchev–Trinajstić information content (AvgIpc) is 2.75. The first-order valence-corrected chi connectivity index (χ1v) is 12.3. The van der Waals surface area contributed by atoms with E-state index < -0.39 is 0 Å². The molecule has 0 saturated heterocycles. The Kier molecular flexibility index (Phi) is 5.93. The van der Waals surface area contributed by atoms with Crippen molar-refractivity contribution >= 4 is 11.8 Å². The Bertz CT molecular complexity index is 1180. The zero-order valence-corrected chi connectivity index (χ0v) is 21.8. The van der Waals surface area contributed by atoms with Gasteiger partial charge in [-0.2, -0.15) is 0 Å². The van der Waals surface area contributed by atoms with Crippen LogP contribution in [0.5, 0.6) is 5.75 Å². The molecule has 0 fully saturated rings. The summed E-state index contributed by atoms with van der Waals surface area (Å²) in [6.45, 7) is 23.4. The molecule has 3 aliphatic rings. The van der Waals surface area contributed by atoms with E-state index in [1.807, 2.05) is 6.08 Å². The van der Waals surface area contributed by atoms with E-state index >= 15 is 0 Å². The van der Waals surface area contributed by atoms with Gasteiger partial charge in [-0.3, -0.25) is 0 Å². The molecule has 0 N–H and O–H groups in total. The van der Waals surface area contributed by atoms with Crippen molar-refractivity contribution in [2.75, 3.05) is 25.1 Å². The quantitative estimate of drug-likeness (QED) is 0.354. The number of ether oxygens (including phenoxy) is 1. The standard InChI is InChI=1S/C30H37N3O/c1-28(2)17-20(15-22(18-28)24(19-31)32-7)9-10-21-16-23-26-25(27(21)34-8)30(5,6)12-14-33(26)13-11-29(23,3)4/h9-10,15-16H,11-14,17-18H2,1-6,8H3/b10-9+,24-22+. The third-order valence-electron chi connectivity index (χ3n) is 7.93. The molecule has 0 radical (unpaired) electrons. The molecule has 1 aliphatic carbocycles. The molecule has 2 heterocycles. The summed E-state index contributed by atoms with van der Waals surface area (Å²) < 4.78 is 6.10. The number of benzene rings is 1. The molecule has 34 heavy (non-hydrogen) atoms. The number of allylic oxidation sites excluding steroid dienone is 5. The van der Waals surface area contributed by atoms with Crippen molar-refractivity contribution in [1.82, 2.24) is 0 Å². The summed E-state index contributed by atoms with van der Waals surface area (Å²) in [7, 11) is 1.79. The highest BCUT2D eigenvalue weighted by atomic mass is 16.5. The largest absolute Gasteiger partial charge is 0.496 e. The van der Waals surface area contributed by atoms with E-state index in [0.29, 0.717) is 0 Å². The van der Waals surface area contributed by atoms with Crippen molar-refractivity contribution in [3.05, 3.63) is 63.2 Å². The molecule has 0 spiro atoms. The minimum absolute atomic E-state index is 0.00691. The van der Waals surface area contributed by atoms with Crippen LogP contribution in [0.2, 0.25) is 0 Å². The highest BCUT2D eigenvalue weighted by Gasteiger charge is 2.42. The molecule has 4 nitrogen and oxygen atoms in total. The molecule has 4 rings (SSSR count). The Morgan fingerprint density at radius 1 is 1.09 bits per heavy atom. The Labute approximate surface area is 205 Å². The molecule has 1 aromatic carbocycles. The number of anilines is 1. The minimum atomic E-state index is 0.00691. The molecule has 1 aromatic rings. The van der Waals surface area contributed by atoms with Crippen LogP contribution in [-0.2, 0) is 10.8 Å². The summed E-state index contributed by atoms with van der Waals surface area (Å²) in [5, 5.41) is 9.42. The number of hydrogen-bond acceptors (Lipinski definition) is 3. The van der Waals surface area contributed by atoms with E-state index in [1.165, 1.54) is 16.8 Å². The maximum Gasteiger partial charge on any atom is 0.265 e. The maximum absolute atomic E-state index is 9.42. The van der Waals surface area contributed by atoms with E-state index in [1.54, 1.807) is 7.11 Å². The highest BCUT2D eigenvalue weighted by molar-refractivity contribution is 5.78. The molecule has 0 aromatic heterocycles. The van der Waals surface area contributed by atoms with Gasteiger partial charge >= 0.3 is 0 Å². The first kappa shape index (κ1) is 24.2. The maximum atomic E-state index is 9.42. The Balaban J connectivity index is 1.88. The molecule has 2 aliphatic heterocycles. The second-order valence-electron chi connectivity index (χ2n) is 12.2. The third-order valence-corrected chi connectivity index (χ3v) is 7.93. The van der Waals surface area contributed by atoms with Crippen LogP contribution >= 0.6 is 0 Å². The van der Waals surface area contributed by atoms with Gasteiger partial charge in [0.1, 0.15) is 5.75 Å². The summed E-state index contributed by atoms with van der Waals surface area (Å²) >= 11 is 0. The lowest BCUT2D eigenvalue weighted by molar-refractivity contribution is 0.354. The van der Waals surface area contributed by atoms with Crippen LogP contribution < -0.4 is 9.64 Å². The SMILES string of the molecule is [C-]#[N+]/C(C#N)=C1C=C(/C=C/c2cc3c4c(c2OC)C(C)(C)CCN4CCC3(C)C)CC(C)(C)C\1. The monoisotopic (exact) mass is 455 g/mol. The zero-order valence-electron chi connectivity index (χ0n) is 21.8. The van der Waals surface area contributed by atoms with Gasteiger partial charge in [0.15, 0.2) is 0 Å². The Morgan fingerprint density at radius 3 is 2.38 bits per heavy atom. The Morgan fingerprint density at radius 2 is 1.76 bits per heavy atom. The lowest BCUT2D eigenvalue weighted by Crippen LogP contribution is -2.45. The van der Waals surface area contributed by atoms with E-state index in [9.17, 15) is 5.26 Å². The molecular formula is C30H37N3O. The molecule has 0 unspecified atom stereocenters. The second-order valence-corrected chi connectivity index (χ2v) is 12.2. The fourth-order valence-electron chi connectivity index (χ4n) is 6.00. The van der Waals surface area contributed by atoms with Gasteiger partial charge in [-0.1, -0.05) is 59.8 Å². The van der Waals surface area contributed by atoms with Gasteiger partial charge in [-0.05, 0) is 64.7 Å². The van der Waals surface area contributed by atoms with Gasteiger partial charge in [0.25, 0.3) is 5.70 Å². The zero-order chi connectivity index (χ0) is 24.9. The fraction of sp³-hybridized carbons (Fsp3) is 0.533. The number of rotatable bonds is 3. The van der Waals surface area contributed by atoms with Crippen LogP contribution in [0.4, 0.5) is 5.69 Å². The van der Waals surface area contributed by atoms with E-state index in [0.717, 1.165) is 61.2 Å². The summed E-state index contributed by atoms with van der Waals surface area (Å²) in [4.78, 5) is 6.03. The van der Waals surface area contributed by atoms with Gasteiger partial charge in [0, 0.05) is 29.9 Å². The molecule has 178 valence electrons. The highest BCUT2D eigenvalue weighted by Crippen LogP contribution is 2.53. The molecular weight excluding hydrogens is 418 g/mol. The van der Waals surface area contributed by atoms with Crippen molar-refractivity contribution in [2.45, 2.75) is 78.1 Å². The van der Waals surface area contributed by atoms with Crippen molar-refractivity contribution in [3.8, 4) is 11.8 Å². The Hall–Kier alpha value is -2.98. The van der Waals surface area contributed by atoms with Gasteiger partial charge < -0.3 is 9.64 Å². The van der Waals surface area contributed by atoms with Crippen LogP contribution in [-0.4, -0.2) is 20.2 Å². The number of nitriles is 1. The normalized spacial score (nSPS) is 23.4. The number of hydrogen-bond donors (Lipinski definition) is 0. The van der Waals surface area contributed by atoms with Gasteiger partial charge in [-0.15, -0.1) is 0 Å². The molecule has 0 atom stereocenters. The van der Waals surface area contributed by atoms with Crippen molar-refractivity contribution in [2.24, 2.45) is 5.41 Å². The first-order valence-electron chi connectivity index (χ1n) is 12.3. The first-order chi connectivity index (χ1) is 15.9. The molecule has 0 amide bonds. The van der Waals surface area contributed by atoms with E-state index in [2.05, 4.69) is 75.6 Å². The van der Waals surface area contributed by atoms with Crippen LogP contribution in [0, 0.1) is 23.3 Å². The smallest absolute Gasteiger partial charge is 0.265 e. The van der Waals surface area contributed by atoms with Crippen LogP contribution in [0.1, 0.15) is 83.9 Å².